The smallest absolute Gasteiger partial charge is 0.323 e. The van der Waals surface area contributed by atoms with Crippen LogP contribution in [0.3, 0.4) is 0 Å². The lowest BCUT2D eigenvalue weighted by atomic mass is 9.99. The van der Waals surface area contributed by atoms with E-state index in [1.165, 1.54) is 7.11 Å². The van der Waals surface area contributed by atoms with E-state index in [0.717, 1.165) is 0 Å². The molecule has 0 radical (unpaired) electrons. The molecule has 0 bridgehead atoms. The van der Waals surface area contributed by atoms with Gasteiger partial charge < -0.3 is 9.47 Å². The number of hydrogen-bond acceptors (Lipinski definition) is 4. The molecule has 0 rings (SSSR count). The number of ether oxygens (including phenoxy) is 2. The average molecular weight is 231 g/mol. The molecular weight excluding hydrogens is 206 g/mol. The number of methoxy groups -OCH3 is 2. The van der Waals surface area contributed by atoms with Crippen LogP contribution in [0.1, 0.15) is 27.7 Å². The SMILES string of the molecule is COCC(NC(C(=O)OC)C(C)C)C(C)C. The first-order valence-corrected chi connectivity index (χ1v) is 5.76. The van der Waals surface area contributed by atoms with Gasteiger partial charge in [-0.1, -0.05) is 27.7 Å². The number of carbonyl (C=O) groups excluding carboxylic acids is 1. The van der Waals surface area contributed by atoms with Crippen molar-refractivity contribution in [2.45, 2.75) is 39.8 Å². The summed E-state index contributed by atoms with van der Waals surface area (Å²) in [5.74, 6) is 0.396. The molecular formula is C12H25NO3. The molecule has 4 nitrogen and oxygen atoms in total. The predicted molar refractivity (Wildman–Crippen MR) is 64.3 cm³/mol. The summed E-state index contributed by atoms with van der Waals surface area (Å²) in [6, 6.07) is -0.107. The second-order valence-corrected chi connectivity index (χ2v) is 4.72. The third kappa shape index (κ3) is 4.94. The van der Waals surface area contributed by atoms with E-state index in [9.17, 15) is 4.79 Å². The predicted octanol–water partition coefficient (Wildman–Crippen LogP) is 1.44. The Kier molecular flexibility index (Phi) is 7.34. The summed E-state index contributed by atoms with van der Waals surface area (Å²) in [5, 5.41) is 3.31. The summed E-state index contributed by atoms with van der Waals surface area (Å²) < 4.78 is 9.93. The summed E-state index contributed by atoms with van der Waals surface area (Å²) in [5.41, 5.74) is 0. The van der Waals surface area contributed by atoms with E-state index in [-0.39, 0.29) is 24.0 Å². The zero-order valence-corrected chi connectivity index (χ0v) is 11.2. The topological polar surface area (TPSA) is 47.6 Å². The van der Waals surface area contributed by atoms with Gasteiger partial charge in [0.25, 0.3) is 0 Å². The van der Waals surface area contributed by atoms with Gasteiger partial charge >= 0.3 is 5.97 Å². The Hall–Kier alpha value is -0.610. The quantitative estimate of drug-likeness (QED) is 0.674. The number of carbonyl (C=O) groups is 1. The van der Waals surface area contributed by atoms with Crippen molar-refractivity contribution in [1.29, 1.82) is 0 Å². The van der Waals surface area contributed by atoms with Gasteiger partial charge in [0.15, 0.2) is 0 Å². The van der Waals surface area contributed by atoms with Crippen LogP contribution in [0, 0.1) is 11.8 Å². The van der Waals surface area contributed by atoms with E-state index < -0.39 is 0 Å². The highest BCUT2D eigenvalue weighted by molar-refractivity contribution is 5.75. The number of nitrogens with one attached hydrogen (secondary N) is 1. The minimum atomic E-state index is -0.271. The molecule has 1 N–H and O–H groups in total. The maximum atomic E-state index is 11.6. The van der Waals surface area contributed by atoms with E-state index >= 15 is 0 Å². The van der Waals surface area contributed by atoms with Crippen LogP contribution in [0.5, 0.6) is 0 Å². The first-order chi connectivity index (χ1) is 7.43. The Morgan fingerprint density at radius 1 is 1.12 bits per heavy atom. The van der Waals surface area contributed by atoms with Crippen molar-refractivity contribution in [3.05, 3.63) is 0 Å². The molecule has 0 aromatic rings. The number of rotatable bonds is 7. The molecule has 0 saturated carbocycles. The highest BCUT2D eigenvalue weighted by atomic mass is 16.5. The van der Waals surface area contributed by atoms with Gasteiger partial charge in [-0.05, 0) is 11.8 Å². The lowest BCUT2D eigenvalue weighted by Gasteiger charge is -2.28. The lowest BCUT2D eigenvalue weighted by molar-refractivity contribution is -0.144. The van der Waals surface area contributed by atoms with Crippen LogP contribution in [0.25, 0.3) is 0 Å². The van der Waals surface area contributed by atoms with Crippen molar-refractivity contribution in [2.24, 2.45) is 11.8 Å². The fourth-order valence-corrected chi connectivity index (χ4v) is 1.50. The molecule has 0 amide bonds. The van der Waals surface area contributed by atoms with Crippen LogP contribution in [0.15, 0.2) is 0 Å². The molecule has 0 aromatic carbocycles. The van der Waals surface area contributed by atoms with Crippen molar-refractivity contribution in [2.75, 3.05) is 20.8 Å². The zero-order chi connectivity index (χ0) is 12.7. The van der Waals surface area contributed by atoms with Gasteiger partial charge in [0.05, 0.1) is 13.7 Å². The highest BCUT2D eigenvalue weighted by Gasteiger charge is 2.26. The van der Waals surface area contributed by atoms with Gasteiger partial charge in [-0.25, -0.2) is 0 Å². The fourth-order valence-electron chi connectivity index (χ4n) is 1.50. The molecule has 0 heterocycles. The molecule has 0 aliphatic heterocycles. The third-order valence-electron chi connectivity index (χ3n) is 2.67. The molecule has 0 saturated heterocycles. The largest absolute Gasteiger partial charge is 0.468 e. The second-order valence-electron chi connectivity index (χ2n) is 4.72. The van der Waals surface area contributed by atoms with Crippen LogP contribution in [0.2, 0.25) is 0 Å². The second kappa shape index (κ2) is 7.63. The molecule has 16 heavy (non-hydrogen) atoms. The van der Waals surface area contributed by atoms with Crippen LogP contribution in [0.4, 0.5) is 0 Å². The normalized spacial score (nSPS) is 15.2. The van der Waals surface area contributed by atoms with E-state index in [4.69, 9.17) is 9.47 Å². The van der Waals surface area contributed by atoms with Crippen molar-refractivity contribution >= 4 is 5.97 Å². The molecule has 96 valence electrons. The van der Waals surface area contributed by atoms with E-state index in [1.807, 2.05) is 13.8 Å². The number of esters is 1. The molecule has 0 aromatic heterocycles. The van der Waals surface area contributed by atoms with E-state index in [1.54, 1.807) is 7.11 Å². The monoisotopic (exact) mass is 231 g/mol. The molecule has 2 atom stereocenters. The van der Waals surface area contributed by atoms with Gasteiger partial charge in [-0.2, -0.15) is 0 Å². The van der Waals surface area contributed by atoms with E-state index in [0.29, 0.717) is 12.5 Å². The first kappa shape index (κ1) is 15.4. The Bertz CT molecular complexity index is 204. The minimum absolute atomic E-state index is 0.163. The average Bonchev–Trinajstić information content (AvgIpc) is 2.22. The summed E-state index contributed by atoms with van der Waals surface area (Å²) in [7, 11) is 3.08. The van der Waals surface area contributed by atoms with Crippen LogP contribution >= 0.6 is 0 Å². The Morgan fingerprint density at radius 3 is 2.00 bits per heavy atom. The number of hydrogen-bond donors (Lipinski definition) is 1. The standard InChI is InChI=1S/C12H25NO3/c1-8(2)10(7-15-5)13-11(9(3)4)12(14)16-6/h8-11,13H,7H2,1-6H3. The minimum Gasteiger partial charge on any atom is -0.468 e. The van der Waals surface area contributed by atoms with Gasteiger partial charge in [0, 0.05) is 13.2 Å². The van der Waals surface area contributed by atoms with Crippen molar-refractivity contribution < 1.29 is 14.3 Å². The van der Waals surface area contributed by atoms with Gasteiger partial charge in [0.1, 0.15) is 6.04 Å². The first-order valence-electron chi connectivity index (χ1n) is 5.76. The van der Waals surface area contributed by atoms with Gasteiger partial charge in [-0.3, -0.25) is 10.1 Å². The van der Waals surface area contributed by atoms with E-state index in [2.05, 4.69) is 19.2 Å². The molecule has 0 aliphatic rings. The molecule has 0 aliphatic carbocycles. The van der Waals surface area contributed by atoms with Gasteiger partial charge in [0.2, 0.25) is 0 Å². The van der Waals surface area contributed by atoms with Crippen molar-refractivity contribution in [1.82, 2.24) is 5.32 Å². The lowest BCUT2D eigenvalue weighted by Crippen LogP contribution is -2.50. The highest BCUT2D eigenvalue weighted by Crippen LogP contribution is 2.09. The maximum Gasteiger partial charge on any atom is 0.323 e. The summed E-state index contributed by atoms with van der Waals surface area (Å²) in [4.78, 5) is 11.6. The van der Waals surface area contributed by atoms with Crippen LogP contribution in [-0.4, -0.2) is 38.9 Å². The summed E-state index contributed by atoms with van der Waals surface area (Å²) in [6.07, 6.45) is 0. The van der Waals surface area contributed by atoms with Crippen LogP contribution < -0.4 is 5.32 Å². The fraction of sp³-hybridized carbons (Fsp3) is 0.917. The Balaban J connectivity index is 4.51. The van der Waals surface area contributed by atoms with Gasteiger partial charge in [-0.15, -0.1) is 0 Å². The molecule has 4 heteroatoms. The maximum absolute atomic E-state index is 11.6. The molecule has 0 spiro atoms. The third-order valence-corrected chi connectivity index (χ3v) is 2.67. The Labute approximate surface area is 98.7 Å². The van der Waals surface area contributed by atoms with Crippen molar-refractivity contribution in [3.8, 4) is 0 Å². The molecule has 2 unspecified atom stereocenters. The Morgan fingerprint density at radius 2 is 1.69 bits per heavy atom. The van der Waals surface area contributed by atoms with Crippen LogP contribution in [-0.2, 0) is 14.3 Å². The zero-order valence-electron chi connectivity index (χ0n) is 11.2. The summed E-state index contributed by atoms with van der Waals surface area (Å²) in [6.45, 7) is 8.80. The van der Waals surface area contributed by atoms with Crippen molar-refractivity contribution in [3.63, 3.8) is 0 Å². The summed E-state index contributed by atoms with van der Waals surface area (Å²) >= 11 is 0. The molecule has 0 fully saturated rings.